The lowest BCUT2D eigenvalue weighted by Gasteiger charge is -2.14. The summed E-state index contributed by atoms with van der Waals surface area (Å²) in [7, 11) is 0. The van der Waals surface area contributed by atoms with Crippen LogP contribution >= 0.6 is 0 Å². The van der Waals surface area contributed by atoms with Crippen molar-refractivity contribution in [1.29, 1.82) is 0 Å². The van der Waals surface area contributed by atoms with E-state index >= 15 is 0 Å². The molecule has 1 heterocycles. The zero-order valence-corrected chi connectivity index (χ0v) is 12.1. The number of aliphatic hydroxyl groups is 1. The Morgan fingerprint density at radius 1 is 1.30 bits per heavy atom. The van der Waals surface area contributed by atoms with Gasteiger partial charge in [0.05, 0.1) is 6.10 Å². The molecule has 1 aromatic rings. The molecule has 1 amide bonds. The highest BCUT2D eigenvalue weighted by atomic mass is 16.3. The largest absolute Gasteiger partial charge is 0.391 e. The molecule has 0 aliphatic carbocycles. The van der Waals surface area contributed by atoms with E-state index in [-0.39, 0.29) is 17.9 Å². The first-order chi connectivity index (χ1) is 9.69. The average molecular weight is 276 g/mol. The van der Waals surface area contributed by atoms with Crippen LogP contribution in [0.4, 0.5) is 0 Å². The van der Waals surface area contributed by atoms with Gasteiger partial charge in [-0.2, -0.15) is 0 Å². The van der Waals surface area contributed by atoms with Crippen molar-refractivity contribution < 1.29 is 9.90 Å². The van der Waals surface area contributed by atoms with Crippen molar-refractivity contribution in [3.63, 3.8) is 0 Å². The van der Waals surface area contributed by atoms with Crippen molar-refractivity contribution in [3.8, 4) is 0 Å². The summed E-state index contributed by atoms with van der Waals surface area (Å²) in [6.07, 6.45) is 1.97. The van der Waals surface area contributed by atoms with E-state index in [1.165, 1.54) is 11.1 Å². The molecule has 2 atom stereocenters. The fourth-order valence-corrected chi connectivity index (χ4v) is 2.46. The van der Waals surface area contributed by atoms with Gasteiger partial charge in [-0.1, -0.05) is 31.2 Å². The summed E-state index contributed by atoms with van der Waals surface area (Å²) in [6.45, 7) is 4.10. The fourth-order valence-electron chi connectivity index (χ4n) is 2.46. The van der Waals surface area contributed by atoms with Crippen LogP contribution < -0.4 is 10.6 Å². The topological polar surface area (TPSA) is 61.4 Å². The molecule has 2 unspecified atom stereocenters. The molecule has 1 aliphatic rings. The lowest BCUT2D eigenvalue weighted by atomic mass is 10.1. The molecular weight excluding hydrogens is 252 g/mol. The SMILES string of the molecule is CCc1ccc(CCC(=O)NCC2CNCC2O)cc1. The summed E-state index contributed by atoms with van der Waals surface area (Å²) in [5, 5.41) is 15.7. The Kier molecular flexibility index (Phi) is 5.56. The summed E-state index contributed by atoms with van der Waals surface area (Å²) in [6, 6.07) is 8.43. The number of hydrogen-bond acceptors (Lipinski definition) is 3. The van der Waals surface area contributed by atoms with Crippen molar-refractivity contribution in [2.24, 2.45) is 5.92 Å². The van der Waals surface area contributed by atoms with E-state index in [1.54, 1.807) is 0 Å². The summed E-state index contributed by atoms with van der Waals surface area (Å²) < 4.78 is 0. The maximum atomic E-state index is 11.8. The Labute approximate surface area is 120 Å². The van der Waals surface area contributed by atoms with Gasteiger partial charge in [-0.15, -0.1) is 0 Å². The Morgan fingerprint density at radius 2 is 2.00 bits per heavy atom. The molecule has 1 fully saturated rings. The Morgan fingerprint density at radius 3 is 2.60 bits per heavy atom. The van der Waals surface area contributed by atoms with Crippen LogP contribution in [0.15, 0.2) is 24.3 Å². The van der Waals surface area contributed by atoms with Crippen molar-refractivity contribution in [1.82, 2.24) is 10.6 Å². The van der Waals surface area contributed by atoms with Gasteiger partial charge in [0.15, 0.2) is 0 Å². The van der Waals surface area contributed by atoms with E-state index in [0.717, 1.165) is 19.4 Å². The van der Waals surface area contributed by atoms with E-state index in [2.05, 4.69) is 41.8 Å². The predicted molar refractivity (Wildman–Crippen MR) is 79.5 cm³/mol. The van der Waals surface area contributed by atoms with Crippen molar-refractivity contribution in [2.75, 3.05) is 19.6 Å². The molecule has 0 spiro atoms. The number of aryl methyl sites for hydroxylation is 2. The number of aliphatic hydroxyl groups excluding tert-OH is 1. The maximum absolute atomic E-state index is 11.8. The van der Waals surface area contributed by atoms with Crippen LogP contribution in [-0.4, -0.2) is 36.8 Å². The highest BCUT2D eigenvalue weighted by molar-refractivity contribution is 5.76. The summed E-state index contributed by atoms with van der Waals surface area (Å²) in [5.74, 6) is 0.200. The first-order valence-corrected chi connectivity index (χ1v) is 7.42. The van der Waals surface area contributed by atoms with E-state index in [4.69, 9.17) is 0 Å². The molecule has 1 aromatic carbocycles. The second kappa shape index (κ2) is 7.41. The average Bonchev–Trinajstić information content (AvgIpc) is 2.89. The van der Waals surface area contributed by atoms with Crippen LogP contribution in [-0.2, 0) is 17.6 Å². The number of benzene rings is 1. The van der Waals surface area contributed by atoms with Crippen LogP contribution in [0.5, 0.6) is 0 Å². The molecule has 0 bridgehead atoms. The third kappa shape index (κ3) is 4.32. The summed E-state index contributed by atoms with van der Waals surface area (Å²) in [5.41, 5.74) is 2.51. The number of carbonyl (C=O) groups excluding carboxylic acids is 1. The number of β-amino-alcohol motifs (C(OH)–C–C–N with tert-alkyl or cyclic N) is 1. The van der Waals surface area contributed by atoms with Crippen LogP contribution in [0.3, 0.4) is 0 Å². The minimum atomic E-state index is -0.336. The van der Waals surface area contributed by atoms with Crippen molar-refractivity contribution in [2.45, 2.75) is 32.3 Å². The Bertz CT molecular complexity index is 431. The second-order valence-electron chi connectivity index (χ2n) is 5.46. The molecule has 4 heteroatoms. The summed E-state index contributed by atoms with van der Waals surface area (Å²) >= 11 is 0. The number of nitrogens with one attached hydrogen (secondary N) is 2. The number of hydrogen-bond donors (Lipinski definition) is 3. The van der Waals surface area contributed by atoms with E-state index in [0.29, 0.717) is 19.5 Å². The molecule has 0 radical (unpaired) electrons. The van der Waals surface area contributed by atoms with Gasteiger partial charge in [-0.3, -0.25) is 4.79 Å². The van der Waals surface area contributed by atoms with E-state index in [1.807, 2.05) is 0 Å². The zero-order valence-electron chi connectivity index (χ0n) is 12.1. The molecule has 0 saturated carbocycles. The Hall–Kier alpha value is -1.39. The fraction of sp³-hybridized carbons (Fsp3) is 0.562. The molecule has 3 N–H and O–H groups in total. The smallest absolute Gasteiger partial charge is 0.220 e. The number of rotatable bonds is 6. The van der Waals surface area contributed by atoms with Gasteiger partial charge in [0, 0.05) is 32.0 Å². The highest BCUT2D eigenvalue weighted by Crippen LogP contribution is 2.09. The molecule has 4 nitrogen and oxygen atoms in total. The van der Waals surface area contributed by atoms with E-state index < -0.39 is 0 Å². The van der Waals surface area contributed by atoms with Crippen LogP contribution in [0.25, 0.3) is 0 Å². The monoisotopic (exact) mass is 276 g/mol. The van der Waals surface area contributed by atoms with Gasteiger partial charge in [-0.25, -0.2) is 0 Å². The van der Waals surface area contributed by atoms with Gasteiger partial charge in [0.2, 0.25) is 5.91 Å². The van der Waals surface area contributed by atoms with Crippen LogP contribution in [0, 0.1) is 5.92 Å². The van der Waals surface area contributed by atoms with Gasteiger partial charge in [0.25, 0.3) is 0 Å². The first kappa shape index (κ1) is 15.0. The van der Waals surface area contributed by atoms with Gasteiger partial charge >= 0.3 is 0 Å². The molecule has 1 aliphatic heterocycles. The van der Waals surface area contributed by atoms with Crippen LogP contribution in [0.1, 0.15) is 24.5 Å². The third-order valence-corrected chi connectivity index (χ3v) is 3.94. The zero-order chi connectivity index (χ0) is 14.4. The van der Waals surface area contributed by atoms with Gasteiger partial charge < -0.3 is 15.7 Å². The number of amides is 1. The predicted octanol–water partition coefficient (Wildman–Crippen LogP) is 0.878. The van der Waals surface area contributed by atoms with Gasteiger partial charge in [-0.05, 0) is 24.0 Å². The maximum Gasteiger partial charge on any atom is 0.220 e. The van der Waals surface area contributed by atoms with Crippen molar-refractivity contribution >= 4 is 5.91 Å². The second-order valence-corrected chi connectivity index (χ2v) is 5.46. The third-order valence-electron chi connectivity index (χ3n) is 3.94. The van der Waals surface area contributed by atoms with Crippen molar-refractivity contribution in [3.05, 3.63) is 35.4 Å². The lowest BCUT2D eigenvalue weighted by molar-refractivity contribution is -0.121. The lowest BCUT2D eigenvalue weighted by Crippen LogP contribution is -2.34. The normalized spacial score (nSPS) is 21.9. The molecule has 2 rings (SSSR count). The quantitative estimate of drug-likeness (QED) is 0.723. The minimum Gasteiger partial charge on any atom is -0.391 e. The molecule has 110 valence electrons. The van der Waals surface area contributed by atoms with Crippen LogP contribution in [0.2, 0.25) is 0 Å². The standard InChI is InChI=1S/C16H24N2O2/c1-2-12-3-5-13(6-4-12)7-8-16(20)18-10-14-9-17-11-15(14)19/h3-6,14-15,17,19H,2,7-11H2,1H3,(H,18,20). The first-order valence-electron chi connectivity index (χ1n) is 7.42. The molecular formula is C16H24N2O2. The molecule has 0 aromatic heterocycles. The minimum absolute atomic E-state index is 0.0590. The highest BCUT2D eigenvalue weighted by Gasteiger charge is 2.24. The van der Waals surface area contributed by atoms with E-state index in [9.17, 15) is 9.90 Å². The summed E-state index contributed by atoms with van der Waals surface area (Å²) in [4.78, 5) is 11.8. The molecule has 20 heavy (non-hydrogen) atoms. The number of carbonyl (C=O) groups is 1. The van der Waals surface area contributed by atoms with Gasteiger partial charge in [0.1, 0.15) is 0 Å². The molecule has 1 saturated heterocycles. The Balaban J connectivity index is 1.69.